The lowest BCUT2D eigenvalue weighted by atomic mass is 9.94. The van der Waals surface area contributed by atoms with Gasteiger partial charge in [0.25, 0.3) is 0 Å². The Hall–Kier alpha value is -2.45. The van der Waals surface area contributed by atoms with Crippen LogP contribution in [0.15, 0.2) is 54.9 Å². The van der Waals surface area contributed by atoms with Crippen molar-refractivity contribution in [2.24, 2.45) is 17.8 Å². The minimum Gasteiger partial charge on any atom is -0.456 e. The van der Waals surface area contributed by atoms with Crippen molar-refractivity contribution >= 4 is 24.2 Å². The molecule has 0 saturated heterocycles. The van der Waals surface area contributed by atoms with Gasteiger partial charge in [0.1, 0.15) is 0 Å². The average molecular weight is 753 g/mol. The van der Waals surface area contributed by atoms with E-state index in [0.717, 1.165) is 55.7 Å². The first kappa shape index (κ1) is 43.3. The zero-order valence-corrected chi connectivity index (χ0v) is 36.4. The molecule has 4 radical (unpaired) electrons. The zero-order valence-electron chi connectivity index (χ0n) is 34.4. The first-order valence-corrected chi connectivity index (χ1v) is 24.1. The molecule has 0 fully saturated rings. The second-order valence-electron chi connectivity index (χ2n) is 16.4. The van der Waals surface area contributed by atoms with Crippen molar-refractivity contribution in [1.82, 2.24) is 9.97 Å². The molecule has 4 nitrogen and oxygen atoms in total. The molecule has 1 aliphatic rings. The van der Waals surface area contributed by atoms with Crippen molar-refractivity contribution in [3.05, 3.63) is 54.9 Å². The van der Waals surface area contributed by atoms with Gasteiger partial charge in [-0.1, -0.05) is 199 Å². The van der Waals surface area contributed by atoms with Gasteiger partial charge in [-0.25, -0.2) is 9.97 Å². The van der Waals surface area contributed by atoms with Crippen LogP contribution >= 0.6 is 0 Å². The van der Waals surface area contributed by atoms with E-state index in [1.54, 1.807) is 0 Å². The van der Waals surface area contributed by atoms with Crippen LogP contribution in [0.25, 0.3) is 22.5 Å². The third kappa shape index (κ3) is 16.1. The van der Waals surface area contributed by atoms with Crippen LogP contribution in [-0.4, -0.2) is 34.9 Å². The normalized spacial score (nSPS) is 16.1. The third-order valence-electron chi connectivity index (χ3n) is 11.3. The van der Waals surface area contributed by atoms with Gasteiger partial charge in [-0.3, -0.25) is 0 Å². The molecule has 0 aliphatic carbocycles. The molecule has 290 valence electrons. The summed E-state index contributed by atoms with van der Waals surface area (Å²) in [5, 5.41) is 1.42. The maximum atomic E-state index is 6.30. The summed E-state index contributed by atoms with van der Waals surface area (Å²) in [6, 6.07) is 16.2. The molecule has 4 rings (SSSR count). The predicted octanol–water partition coefficient (Wildman–Crippen LogP) is 13.5. The monoisotopic (exact) mass is 753 g/mol. The highest BCUT2D eigenvalue weighted by Crippen LogP contribution is 2.38. The first-order valence-electron chi connectivity index (χ1n) is 21.7. The van der Waals surface area contributed by atoms with E-state index >= 15 is 0 Å². The van der Waals surface area contributed by atoms with Crippen molar-refractivity contribution in [2.75, 3.05) is 0 Å². The average Bonchev–Trinajstić information content (AvgIpc) is 3.57. The lowest BCUT2D eigenvalue weighted by Gasteiger charge is -2.15. The van der Waals surface area contributed by atoms with Crippen LogP contribution < -0.4 is 14.7 Å². The van der Waals surface area contributed by atoms with E-state index in [2.05, 4.69) is 71.9 Å². The van der Waals surface area contributed by atoms with Gasteiger partial charge in [0.05, 0.1) is 9.52 Å². The number of aromatic nitrogens is 2. The van der Waals surface area contributed by atoms with Gasteiger partial charge in [-0.05, 0) is 47.1 Å². The fourth-order valence-corrected chi connectivity index (χ4v) is 10.4. The highest BCUT2D eigenvalue weighted by molar-refractivity contribution is 6.55. The SMILES string of the molecule is CCCCCC(C)CCCCCCC(C)[Si]C1Oc2ccc(-c3ncc(-c4ccccc4[Si]CCC(C)CCCCC(C)CCCCC)cn3)cc2O1. The van der Waals surface area contributed by atoms with Gasteiger partial charge in [0.15, 0.2) is 26.8 Å². The summed E-state index contributed by atoms with van der Waals surface area (Å²) in [6.07, 6.45) is 29.9. The van der Waals surface area contributed by atoms with Gasteiger partial charge in [-0.15, -0.1) is 0 Å². The van der Waals surface area contributed by atoms with Crippen molar-refractivity contribution in [3.8, 4) is 34.0 Å². The minimum absolute atomic E-state index is 0.184. The minimum atomic E-state index is -0.184. The highest BCUT2D eigenvalue weighted by atomic mass is 28.2. The highest BCUT2D eigenvalue weighted by Gasteiger charge is 2.27. The zero-order chi connectivity index (χ0) is 37.7. The molecule has 1 aliphatic heterocycles. The Kier molecular flexibility index (Phi) is 20.3. The summed E-state index contributed by atoms with van der Waals surface area (Å²) in [4.78, 5) is 9.64. The predicted molar refractivity (Wildman–Crippen MR) is 230 cm³/mol. The molecule has 3 aromatic rings. The molecule has 2 heterocycles. The summed E-state index contributed by atoms with van der Waals surface area (Å²) in [5.74, 6) is 4.76. The Bertz CT molecular complexity index is 1420. The van der Waals surface area contributed by atoms with Crippen LogP contribution in [0, 0.1) is 17.8 Å². The Balaban J connectivity index is 1.17. The quantitative estimate of drug-likeness (QED) is 0.0547. The lowest BCUT2D eigenvalue weighted by molar-refractivity contribution is 0.122. The molecular formula is C47H72N2O2Si2. The maximum absolute atomic E-state index is 6.30. The Morgan fingerprint density at radius 2 is 1.13 bits per heavy atom. The van der Waals surface area contributed by atoms with Crippen LogP contribution in [0.4, 0.5) is 0 Å². The molecule has 1 aromatic heterocycles. The number of ether oxygens (including phenoxy) is 2. The third-order valence-corrected chi connectivity index (χ3v) is 14.0. The van der Waals surface area contributed by atoms with Crippen LogP contribution in [-0.2, 0) is 0 Å². The molecule has 2 aromatic carbocycles. The van der Waals surface area contributed by atoms with Gasteiger partial charge >= 0.3 is 0 Å². The summed E-state index contributed by atoms with van der Waals surface area (Å²) < 4.78 is 12.5. The van der Waals surface area contributed by atoms with E-state index in [1.165, 1.54) is 139 Å². The smallest absolute Gasteiger partial charge is 0.215 e. The van der Waals surface area contributed by atoms with Crippen molar-refractivity contribution in [3.63, 3.8) is 0 Å². The number of unbranched alkanes of at least 4 members (excludes halogenated alkanes) is 8. The van der Waals surface area contributed by atoms with E-state index in [1.807, 2.05) is 24.5 Å². The molecule has 53 heavy (non-hydrogen) atoms. The molecular weight excluding hydrogens is 681 g/mol. The second kappa shape index (κ2) is 24.9. The number of nitrogens with zero attached hydrogens (tertiary/aromatic N) is 2. The fraction of sp³-hybridized carbons (Fsp3) is 0.660. The Labute approximate surface area is 330 Å². The van der Waals surface area contributed by atoms with Gasteiger partial charge in [-0.2, -0.15) is 0 Å². The van der Waals surface area contributed by atoms with Crippen LogP contribution in [0.1, 0.15) is 164 Å². The van der Waals surface area contributed by atoms with E-state index in [-0.39, 0.29) is 5.91 Å². The molecule has 5 unspecified atom stereocenters. The standard InChI is InChI=1S/C47H72N2O2Si2/c1-7-9-13-21-36(3)23-15-11-12-16-26-39(6)53-47-50-43-30-29-40(33-44(43)51-47)46-48-34-41(35-49-46)42-27-19-20-28-45(42)52-32-31-38(5)25-18-17-24-37(4)22-14-10-8-2/h19-20,27-30,33-39,47H,7-18,21-26,31-32H2,1-6H3. The molecule has 5 atom stereocenters. The van der Waals surface area contributed by atoms with E-state index < -0.39 is 0 Å². The van der Waals surface area contributed by atoms with Crippen molar-refractivity contribution < 1.29 is 9.47 Å². The lowest BCUT2D eigenvalue weighted by Crippen LogP contribution is -2.28. The summed E-state index contributed by atoms with van der Waals surface area (Å²) in [5.41, 5.74) is 3.92. The molecule has 0 amide bonds. The summed E-state index contributed by atoms with van der Waals surface area (Å²) in [6.45, 7) is 14.3. The molecule has 6 heteroatoms. The van der Waals surface area contributed by atoms with E-state index in [0.29, 0.717) is 15.1 Å². The second-order valence-corrected chi connectivity index (χ2v) is 19.6. The molecule has 0 N–H and O–H groups in total. The largest absolute Gasteiger partial charge is 0.456 e. The Morgan fingerprint density at radius 1 is 0.585 bits per heavy atom. The van der Waals surface area contributed by atoms with Crippen molar-refractivity contribution in [2.45, 2.75) is 181 Å². The summed E-state index contributed by atoms with van der Waals surface area (Å²) >= 11 is 0. The van der Waals surface area contributed by atoms with Crippen LogP contribution in [0.2, 0.25) is 11.6 Å². The van der Waals surface area contributed by atoms with E-state index in [9.17, 15) is 0 Å². The number of rotatable bonds is 28. The fourth-order valence-electron chi connectivity index (χ4n) is 7.63. The van der Waals surface area contributed by atoms with E-state index in [4.69, 9.17) is 19.4 Å². The van der Waals surface area contributed by atoms with Gasteiger partial charge < -0.3 is 9.47 Å². The summed E-state index contributed by atoms with van der Waals surface area (Å²) in [7, 11) is 1.43. The number of hydrogen-bond donors (Lipinski definition) is 0. The number of hydrogen-bond acceptors (Lipinski definition) is 4. The van der Waals surface area contributed by atoms with Crippen molar-refractivity contribution in [1.29, 1.82) is 0 Å². The molecule has 0 bridgehead atoms. The number of fused-ring (bicyclic) bond motifs is 1. The first-order chi connectivity index (χ1) is 25.9. The molecule has 0 spiro atoms. The van der Waals surface area contributed by atoms with Gasteiger partial charge in [0, 0.05) is 23.5 Å². The maximum Gasteiger partial charge on any atom is 0.215 e. The van der Waals surface area contributed by atoms with Crippen LogP contribution in [0.3, 0.4) is 0 Å². The molecule has 0 saturated carbocycles. The topological polar surface area (TPSA) is 44.2 Å². The van der Waals surface area contributed by atoms with Gasteiger partial charge in [0.2, 0.25) is 5.91 Å². The number of benzene rings is 2. The Morgan fingerprint density at radius 3 is 1.77 bits per heavy atom. The van der Waals surface area contributed by atoms with Crippen LogP contribution in [0.5, 0.6) is 11.5 Å².